The Morgan fingerprint density at radius 2 is 2.00 bits per heavy atom. The van der Waals surface area contributed by atoms with Crippen LogP contribution in [0.25, 0.3) is 0 Å². The van der Waals surface area contributed by atoms with E-state index in [4.69, 9.17) is 4.74 Å². The predicted octanol–water partition coefficient (Wildman–Crippen LogP) is 2.36. The van der Waals surface area contributed by atoms with Crippen molar-refractivity contribution >= 4 is 0 Å². The zero-order chi connectivity index (χ0) is 14.4. The van der Waals surface area contributed by atoms with E-state index in [1.807, 2.05) is 0 Å². The van der Waals surface area contributed by atoms with Crippen LogP contribution in [0.3, 0.4) is 0 Å². The number of aryl methyl sites for hydroxylation is 2. The van der Waals surface area contributed by atoms with E-state index in [0.717, 1.165) is 62.6 Å². The van der Waals surface area contributed by atoms with E-state index in [2.05, 4.69) is 36.1 Å². The molecule has 4 heteroatoms. The fraction of sp³-hybridized carbons (Fsp3) is 0.750. The van der Waals surface area contributed by atoms with Crippen LogP contribution in [0.1, 0.15) is 49.0 Å². The van der Waals surface area contributed by atoms with Gasteiger partial charge in [-0.3, -0.25) is 0 Å². The Morgan fingerprint density at radius 1 is 1.25 bits per heavy atom. The summed E-state index contributed by atoms with van der Waals surface area (Å²) in [6.45, 7) is 9.35. The van der Waals surface area contributed by atoms with Crippen LogP contribution >= 0.6 is 0 Å². The minimum absolute atomic E-state index is 0.327. The summed E-state index contributed by atoms with van der Waals surface area (Å²) in [6, 6.07) is 0. The number of nitrogens with one attached hydrogen (secondary N) is 1. The lowest BCUT2D eigenvalue weighted by atomic mass is 10.1. The molecule has 1 fully saturated rings. The summed E-state index contributed by atoms with van der Waals surface area (Å²) in [4.78, 5) is 9.37. The molecule has 0 amide bonds. The van der Waals surface area contributed by atoms with E-state index >= 15 is 0 Å². The highest BCUT2D eigenvalue weighted by atomic mass is 16.5. The molecule has 1 atom stereocenters. The first-order valence-electron chi connectivity index (χ1n) is 7.86. The Hall–Kier alpha value is -1.00. The Balaban J connectivity index is 1.96. The third-order valence-electron chi connectivity index (χ3n) is 3.93. The van der Waals surface area contributed by atoms with Crippen LogP contribution in [0.4, 0.5) is 0 Å². The maximum Gasteiger partial charge on any atom is 0.131 e. The van der Waals surface area contributed by atoms with Crippen molar-refractivity contribution in [2.24, 2.45) is 0 Å². The zero-order valence-electron chi connectivity index (χ0n) is 13.0. The SMILES string of the molecule is CCNCCCc1c(C)nc(CC2CCCO2)nc1C. The highest BCUT2D eigenvalue weighted by molar-refractivity contribution is 5.24. The second-order valence-electron chi connectivity index (χ2n) is 5.59. The molecular formula is C16H27N3O. The zero-order valence-corrected chi connectivity index (χ0v) is 13.0. The molecular weight excluding hydrogens is 250 g/mol. The quantitative estimate of drug-likeness (QED) is 0.777. The summed E-state index contributed by atoms with van der Waals surface area (Å²) < 4.78 is 5.67. The minimum Gasteiger partial charge on any atom is -0.378 e. The summed E-state index contributed by atoms with van der Waals surface area (Å²) in [5, 5.41) is 3.36. The van der Waals surface area contributed by atoms with Crippen LogP contribution in [0.5, 0.6) is 0 Å². The van der Waals surface area contributed by atoms with Gasteiger partial charge in [-0.1, -0.05) is 6.92 Å². The normalized spacial score (nSPS) is 18.6. The maximum absolute atomic E-state index is 5.67. The molecule has 112 valence electrons. The van der Waals surface area contributed by atoms with E-state index in [9.17, 15) is 0 Å². The van der Waals surface area contributed by atoms with Gasteiger partial charge in [0.1, 0.15) is 5.82 Å². The highest BCUT2D eigenvalue weighted by Crippen LogP contribution is 2.18. The molecule has 1 saturated heterocycles. The fourth-order valence-corrected chi connectivity index (χ4v) is 2.84. The van der Waals surface area contributed by atoms with E-state index in [0.29, 0.717) is 6.10 Å². The summed E-state index contributed by atoms with van der Waals surface area (Å²) in [5.74, 6) is 0.947. The Kier molecular flexibility index (Phi) is 5.92. The molecule has 1 N–H and O–H groups in total. The lowest BCUT2D eigenvalue weighted by molar-refractivity contribution is 0.110. The first-order chi connectivity index (χ1) is 9.70. The van der Waals surface area contributed by atoms with E-state index in [1.54, 1.807) is 0 Å². The third kappa shape index (κ3) is 4.25. The lowest BCUT2D eigenvalue weighted by Crippen LogP contribution is -2.16. The Labute approximate surface area is 122 Å². The minimum atomic E-state index is 0.327. The van der Waals surface area contributed by atoms with Gasteiger partial charge in [-0.2, -0.15) is 0 Å². The Bertz CT molecular complexity index is 405. The molecule has 1 aliphatic rings. The van der Waals surface area contributed by atoms with E-state index in [-0.39, 0.29) is 0 Å². The van der Waals surface area contributed by atoms with Crippen LogP contribution in [0.2, 0.25) is 0 Å². The largest absolute Gasteiger partial charge is 0.378 e. The molecule has 0 spiro atoms. The van der Waals surface area contributed by atoms with Gasteiger partial charge in [0.25, 0.3) is 0 Å². The number of aromatic nitrogens is 2. The molecule has 0 aromatic carbocycles. The highest BCUT2D eigenvalue weighted by Gasteiger charge is 2.18. The summed E-state index contributed by atoms with van der Waals surface area (Å²) in [5.41, 5.74) is 3.60. The molecule has 2 rings (SSSR count). The summed E-state index contributed by atoms with van der Waals surface area (Å²) in [6.07, 6.45) is 5.71. The van der Waals surface area contributed by atoms with Gasteiger partial charge in [-0.25, -0.2) is 9.97 Å². The molecule has 2 heterocycles. The molecule has 0 aliphatic carbocycles. The summed E-state index contributed by atoms with van der Waals surface area (Å²) >= 11 is 0. The first-order valence-corrected chi connectivity index (χ1v) is 7.86. The smallest absolute Gasteiger partial charge is 0.131 e. The standard InChI is InChI=1S/C16H27N3O/c1-4-17-9-5-8-15-12(2)18-16(19-13(15)3)11-14-7-6-10-20-14/h14,17H,4-11H2,1-3H3. The molecule has 0 bridgehead atoms. The maximum atomic E-state index is 5.67. The van der Waals surface area contributed by atoms with Gasteiger partial charge in [0, 0.05) is 24.4 Å². The number of hydrogen-bond donors (Lipinski definition) is 1. The van der Waals surface area contributed by atoms with Gasteiger partial charge < -0.3 is 10.1 Å². The average molecular weight is 277 g/mol. The fourth-order valence-electron chi connectivity index (χ4n) is 2.84. The number of hydrogen-bond acceptors (Lipinski definition) is 4. The van der Waals surface area contributed by atoms with Crippen molar-refractivity contribution in [2.75, 3.05) is 19.7 Å². The second kappa shape index (κ2) is 7.70. The average Bonchev–Trinajstić information content (AvgIpc) is 2.90. The van der Waals surface area contributed by atoms with Gasteiger partial charge in [0.2, 0.25) is 0 Å². The number of nitrogens with zero attached hydrogens (tertiary/aromatic N) is 2. The van der Waals surface area contributed by atoms with Crippen molar-refractivity contribution in [2.45, 2.75) is 59.0 Å². The van der Waals surface area contributed by atoms with Crippen molar-refractivity contribution < 1.29 is 4.74 Å². The van der Waals surface area contributed by atoms with Crippen LogP contribution in [0, 0.1) is 13.8 Å². The molecule has 0 radical (unpaired) electrons. The molecule has 1 aromatic rings. The van der Waals surface area contributed by atoms with Crippen molar-refractivity contribution in [1.29, 1.82) is 0 Å². The van der Waals surface area contributed by atoms with Crippen LogP contribution in [-0.4, -0.2) is 35.8 Å². The Morgan fingerprint density at radius 3 is 2.60 bits per heavy atom. The molecule has 4 nitrogen and oxygen atoms in total. The molecule has 1 unspecified atom stereocenters. The van der Waals surface area contributed by atoms with Crippen molar-refractivity contribution in [3.8, 4) is 0 Å². The van der Waals surface area contributed by atoms with Crippen LogP contribution in [-0.2, 0) is 17.6 Å². The number of ether oxygens (including phenoxy) is 1. The van der Waals surface area contributed by atoms with Gasteiger partial charge >= 0.3 is 0 Å². The third-order valence-corrected chi connectivity index (χ3v) is 3.93. The second-order valence-corrected chi connectivity index (χ2v) is 5.59. The monoisotopic (exact) mass is 277 g/mol. The topological polar surface area (TPSA) is 47.0 Å². The lowest BCUT2D eigenvalue weighted by Gasteiger charge is -2.13. The van der Waals surface area contributed by atoms with E-state index < -0.39 is 0 Å². The molecule has 1 aliphatic heterocycles. The van der Waals surface area contributed by atoms with Crippen LogP contribution in [0.15, 0.2) is 0 Å². The van der Waals surface area contributed by atoms with Gasteiger partial charge in [0.15, 0.2) is 0 Å². The predicted molar refractivity (Wildman–Crippen MR) is 81.0 cm³/mol. The van der Waals surface area contributed by atoms with Crippen molar-refractivity contribution in [3.05, 3.63) is 22.8 Å². The number of rotatable bonds is 7. The van der Waals surface area contributed by atoms with Crippen molar-refractivity contribution in [1.82, 2.24) is 15.3 Å². The van der Waals surface area contributed by atoms with Gasteiger partial charge in [-0.05, 0) is 58.2 Å². The van der Waals surface area contributed by atoms with Crippen molar-refractivity contribution in [3.63, 3.8) is 0 Å². The summed E-state index contributed by atoms with van der Waals surface area (Å²) in [7, 11) is 0. The molecule has 1 aromatic heterocycles. The molecule has 20 heavy (non-hydrogen) atoms. The van der Waals surface area contributed by atoms with E-state index in [1.165, 1.54) is 12.0 Å². The van der Waals surface area contributed by atoms with Gasteiger partial charge in [0.05, 0.1) is 6.10 Å². The molecule has 0 saturated carbocycles. The van der Waals surface area contributed by atoms with Gasteiger partial charge in [-0.15, -0.1) is 0 Å². The first kappa shape index (κ1) is 15.4. The van der Waals surface area contributed by atoms with Crippen LogP contribution < -0.4 is 5.32 Å².